The number of alkyl halides is 1. The van der Waals surface area contributed by atoms with Gasteiger partial charge < -0.3 is 15.7 Å². The first-order valence-electron chi connectivity index (χ1n) is 9.45. The van der Waals surface area contributed by atoms with E-state index in [1.807, 2.05) is 0 Å². The molecule has 1 heterocycles. The van der Waals surface area contributed by atoms with E-state index in [9.17, 15) is 28.4 Å². The van der Waals surface area contributed by atoms with Crippen LogP contribution >= 0.6 is 0 Å². The minimum absolute atomic E-state index is 0.0509. The number of carbonyl (C=O) groups excluding carboxylic acids is 3. The Morgan fingerprint density at radius 3 is 2.35 bits per heavy atom. The number of aliphatic carboxylic acids is 1. The highest BCUT2D eigenvalue weighted by Crippen LogP contribution is 2.18. The number of pyridine rings is 1. The maximum absolute atomic E-state index is 13.1. The molecule has 0 aliphatic heterocycles. The number of ketones is 1. The number of nitrogens with one attached hydrogen (secondary N) is 2. The van der Waals surface area contributed by atoms with Gasteiger partial charge in [-0.2, -0.15) is 0 Å². The van der Waals surface area contributed by atoms with Crippen molar-refractivity contribution in [1.82, 2.24) is 9.88 Å². The van der Waals surface area contributed by atoms with Gasteiger partial charge in [0.05, 0.1) is 6.42 Å². The van der Waals surface area contributed by atoms with Crippen molar-refractivity contribution in [1.29, 1.82) is 0 Å². The molecule has 1 aromatic carbocycles. The van der Waals surface area contributed by atoms with E-state index in [1.54, 1.807) is 37.3 Å². The number of carbonyl (C=O) groups is 4. The Morgan fingerprint density at radius 1 is 1.10 bits per heavy atom. The van der Waals surface area contributed by atoms with E-state index in [1.165, 1.54) is 18.3 Å². The molecule has 3 N–H and O–H groups in total. The van der Waals surface area contributed by atoms with Crippen LogP contribution in [0.2, 0.25) is 0 Å². The van der Waals surface area contributed by atoms with E-state index in [-0.39, 0.29) is 12.1 Å². The fraction of sp³-hybridized carbons (Fsp3) is 0.286. The van der Waals surface area contributed by atoms with Crippen LogP contribution in [0.1, 0.15) is 31.4 Å². The van der Waals surface area contributed by atoms with Gasteiger partial charge in [0.1, 0.15) is 24.4 Å². The maximum Gasteiger partial charge on any atom is 0.305 e. The molecule has 0 fully saturated rings. The summed E-state index contributed by atoms with van der Waals surface area (Å²) in [5, 5.41) is 13.7. The average molecular weight is 431 g/mol. The molecule has 31 heavy (non-hydrogen) atoms. The first kappa shape index (κ1) is 23.5. The largest absolute Gasteiger partial charge is 0.481 e. The van der Waals surface area contributed by atoms with Crippen LogP contribution < -0.4 is 16.2 Å². The summed E-state index contributed by atoms with van der Waals surface area (Å²) in [5.41, 5.74) is -0.368. The molecule has 2 aromatic rings. The second kappa shape index (κ2) is 10.8. The van der Waals surface area contributed by atoms with Gasteiger partial charge in [0, 0.05) is 12.6 Å². The van der Waals surface area contributed by atoms with Crippen molar-refractivity contribution in [2.45, 2.75) is 31.8 Å². The lowest BCUT2D eigenvalue weighted by Crippen LogP contribution is -2.47. The summed E-state index contributed by atoms with van der Waals surface area (Å²) in [6, 6.07) is 8.03. The van der Waals surface area contributed by atoms with Crippen LogP contribution in [0.25, 0.3) is 0 Å². The van der Waals surface area contributed by atoms with Gasteiger partial charge >= 0.3 is 5.97 Å². The standard InChI is InChI=1S/C21H22FN3O6/c1-2-17(27)23-14-9-6-10-25(21(14)31)19(13-7-4-3-5-8-13)20(30)24-15(11-18(28)29)16(26)12-22/h3-10,15,19H,2,11-12H2,1H3,(H,23,27)(H,24,30)(H,28,29)/t15?,19-/m0/s1. The zero-order valence-electron chi connectivity index (χ0n) is 16.7. The lowest BCUT2D eigenvalue weighted by molar-refractivity contribution is -0.140. The highest BCUT2D eigenvalue weighted by molar-refractivity contribution is 5.94. The highest BCUT2D eigenvalue weighted by atomic mass is 19.1. The van der Waals surface area contributed by atoms with Gasteiger partial charge in [0.15, 0.2) is 5.78 Å². The number of halogens is 1. The summed E-state index contributed by atoms with van der Waals surface area (Å²) in [6.45, 7) is 0.161. The van der Waals surface area contributed by atoms with Crippen LogP contribution in [0.3, 0.4) is 0 Å². The summed E-state index contributed by atoms with van der Waals surface area (Å²) < 4.78 is 13.9. The Bertz CT molecular complexity index is 1020. The number of Topliss-reactive ketones (excluding diaryl/α,β-unsaturated/α-hetero) is 1. The number of carboxylic acid groups (broad SMARTS) is 1. The fourth-order valence-corrected chi connectivity index (χ4v) is 2.88. The number of hydrogen-bond donors (Lipinski definition) is 3. The Hall–Kier alpha value is -3.82. The molecular formula is C21H22FN3O6. The molecule has 10 heteroatoms. The first-order valence-corrected chi connectivity index (χ1v) is 9.45. The number of carboxylic acids is 1. The summed E-state index contributed by atoms with van der Waals surface area (Å²) >= 11 is 0. The molecule has 0 aliphatic carbocycles. The topological polar surface area (TPSA) is 135 Å². The molecule has 1 aromatic heterocycles. The van der Waals surface area contributed by atoms with Gasteiger partial charge in [-0.1, -0.05) is 37.3 Å². The monoisotopic (exact) mass is 431 g/mol. The molecule has 0 aliphatic rings. The third kappa shape index (κ3) is 6.08. The van der Waals surface area contributed by atoms with Crippen molar-refractivity contribution >= 4 is 29.3 Å². The number of rotatable bonds is 10. The second-order valence-electron chi connectivity index (χ2n) is 6.61. The predicted octanol–water partition coefficient (Wildman–Crippen LogP) is 1.28. The van der Waals surface area contributed by atoms with Gasteiger partial charge in [-0.05, 0) is 17.7 Å². The number of hydrogen-bond acceptors (Lipinski definition) is 5. The Balaban J connectivity index is 2.50. The van der Waals surface area contributed by atoms with Gasteiger partial charge in [-0.15, -0.1) is 0 Å². The number of nitrogens with zero attached hydrogens (tertiary/aromatic N) is 1. The summed E-state index contributed by atoms with van der Waals surface area (Å²) in [7, 11) is 0. The zero-order chi connectivity index (χ0) is 23.0. The quantitative estimate of drug-likeness (QED) is 0.519. The SMILES string of the molecule is CCC(=O)Nc1cccn([C@H](C(=O)NC(CC(=O)O)C(=O)CF)c2ccccc2)c1=O. The number of amides is 2. The molecule has 1 unspecified atom stereocenters. The van der Waals surface area contributed by atoms with Crippen molar-refractivity contribution in [2.75, 3.05) is 12.0 Å². The molecule has 0 bridgehead atoms. The van der Waals surface area contributed by atoms with Crippen LogP contribution in [-0.4, -0.2) is 46.0 Å². The van der Waals surface area contributed by atoms with E-state index in [4.69, 9.17) is 5.11 Å². The van der Waals surface area contributed by atoms with E-state index in [0.717, 1.165) is 4.57 Å². The average Bonchev–Trinajstić information content (AvgIpc) is 2.75. The maximum atomic E-state index is 13.1. The molecule has 0 radical (unpaired) electrons. The van der Waals surface area contributed by atoms with Crippen LogP contribution in [0, 0.1) is 0 Å². The predicted molar refractivity (Wildman–Crippen MR) is 109 cm³/mol. The minimum atomic E-state index is -1.60. The van der Waals surface area contributed by atoms with Gasteiger partial charge in [0.2, 0.25) is 11.8 Å². The van der Waals surface area contributed by atoms with Crippen LogP contribution in [0.5, 0.6) is 0 Å². The van der Waals surface area contributed by atoms with Gasteiger partial charge in [0.25, 0.3) is 5.56 Å². The molecule has 0 spiro atoms. The summed E-state index contributed by atoms with van der Waals surface area (Å²) in [5.74, 6) is -3.77. The molecular weight excluding hydrogens is 409 g/mol. The molecule has 164 valence electrons. The van der Waals surface area contributed by atoms with E-state index < -0.39 is 54.3 Å². The van der Waals surface area contributed by atoms with Crippen LogP contribution in [-0.2, 0) is 19.2 Å². The molecule has 2 rings (SSSR count). The molecule has 0 saturated carbocycles. The van der Waals surface area contributed by atoms with Crippen molar-refractivity contribution in [3.05, 3.63) is 64.6 Å². The normalized spacial score (nSPS) is 12.5. The van der Waals surface area contributed by atoms with Crippen molar-refractivity contribution < 1.29 is 28.7 Å². The molecule has 2 amide bonds. The van der Waals surface area contributed by atoms with E-state index in [2.05, 4.69) is 10.6 Å². The molecule has 0 saturated heterocycles. The fourth-order valence-electron chi connectivity index (χ4n) is 2.88. The van der Waals surface area contributed by atoms with Crippen molar-refractivity contribution in [3.63, 3.8) is 0 Å². The second-order valence-corrected chi connectivity index (χ2v) is 6.61. The van der Waals surface area contributed by atoms with Crippen LogP contribution in [0.15, 0.2) is 53.5 Å². The number of aromatic nitrogens is 1. The minimum Gasteiger partial charge on any atom is -0.481 e. The smallest absolute Gasteiger partial charge is 0.305 e. The lowest BCUT2D eigenvalue weighted by Gasteiger charge is -2.23. The van der Waals surface area contributed by atoms with Crippen LogP contribution in [0.4, 0.5) is 10.1 Å². The van der Waals surface area contributed by atoms with Crippen molar-refractivity contribution in [3.8, 4) is 0 Å². The highest BCUT2D eigenvalue weighted by Gasteiger charge is 2.30. The summed E-state index contributed by atoms with van der Waals surface area (Å²) in [6.07, 6.45) is 0.654. The summed E-state index contributed by atoms with van der Waals surface area (Å²) in [4.78, 5) is 60.5. The van der Waals surface area contributed by atoms with Gasteiger partial charge in [-0.3, -0.25) is 28.5 Å². The Labute approximate surface area is 176 Å². The third-order valence-electron chi connectivity index (χ3n) is 4.43. The first-order chi connectivity index (χ1) is 14.8. The number of benzene rings is 1. The Kier molecular flexibility index (Phi) is 8.18. The third-order valence-corrected chi connectivity index (χ3v) is 4.43. The number of anilines is 1. The van der Waals surface area contributed by atoms with Gasteiger partial charge in [-0.25, -0.2) is 4.39 Å². The molecule has 2 atom stereocenters. The Morgan fingerprint density at radius 2 is 1.77 bits per heavy atom. The lowest BCUT2D eigenvalue weighted by atomic mass is 10.0. The van der Waals surface area contributed by atoms with E-state index >= 15 is 0 Å². The zero-order valence-corrected chi connectivity index (χ0v) is 16.7. The van der Waals surface area contributed by atoms with E-state index in [0.29, 0.717) is 5.56 Å². The molecule has 9 nitrogen and oxygen atoms in total. The van der Waals surface area contributed by atoms with Crippen molar-refractivity contribution in [2.24, 2.45) is 0 Å².